The molecule has 1 aromatic heterocycles. The van der Waals surface area contributed by atoms with Crippen molar-refractivity contribution in [1.29, 1.82) is 0 Å². The van der Waals surface area contributed by atoms with Gasteiger partial charge in [0.2, 0.25) is 0 Å². The van der Waals surface area contributed by atoms with Crippen LogP contribution in [0.5, 0.6) is 0 Å². The fourth-order valence-corrected chi connectivity index (χ4v) is 6.55. The van der Waals surface area contributed by atoms with Crippen molar-refractivity contribution in [3.05, 3.63) is 38.0 Å². The van der Waals surface area contributed by atoms with Crippen LogP contribution in [-0.2, 0) is 45.1 Å². The van der Waals surface area contributed by atoms with Crippen LogP contribution in [0.25, 0.3) is 0 Å². The smallest absolute Gasteiger partial charge is 0.388 e. The highest BCUT2D eigenvalue weighted by Gasteiger charge is 2.49. The van der Waals surface area contributed by atoms with Crippen LogP contribution in [-0.4, -0.2) is 65.7 Å². The van der Waals surface area contributed by atoms with Gasteiger partial charge < -0.3 is 14.7 Å². The molecular weight excluding hydrogens is 519 g/mol. The Morgan fingerprint density at radius 3 is 2.27 bits per heavy atom. The second-order valence-electron chi connectivity index (χ2n) is 6.04. The summed E-state index contributed by atoms with van der Waals surface area (Å²) in [6.07, 6.45) is -3.64. The van der Waals surface area contributed by atoms with E-state index in [0.29, 0.717) is 0 Å². The monoisotopic (exact) mass is 539 g/mol. The molecule has 1 aliphatic rings. The first kappa shape index (κ1) is 27.9. The number of phosphoric acid groups is 3. The maximum Gasteiger partial charge on any atom is 0.492 e. The van der Waals surface area contributed by atoms with Crippen LogP contribution in [0, 0.1) is 4.91 Å². The summed E-state index contributed by atoms with van der Waals surface area (Å²) in [5.41, 5.74) is -1.69. The number of H-pyrrole nitrogens is 1. The molecule has 7 atom stereocenters. The van der Waals surface area contributed by atoms with Crippen molar-refractivity contribution >= 4 is 23.5 Å². The first-order chi connectivity index (χ1) is 15.3. The van der Waals surface area contributed by atoms with Gasteiger partial charge in [0.25, 0.3) is 5.56 Å². The van der Waals surface area contributed by atoms with Gasteiger partial charge in [0.1, 0.15) is 12.2 Å². The maximum atomic E-state index is 12.7. The second-order valence-corrected chi connectivity index (χ2v) is 11.4. The molecule has 0 aliphatic carbocycles. The third-order valence-electron chi connectivity index (χ3n) is 4.06. The summed E-state index contributed by atoms with van der Waals surface area (Å²) in [4.78, 5) is 45.6. The topological polar surface area (TPSA) is 241 Å². The predicted octanol–water partition coefficient (Wildman–Crippen LogP) is 0.235. The number of aromatic amines is 1. The number of aliphatic hydroxyl groups excluding tert-OH is 1. The van der Waals surface area contributed by atoms with Crippen LogP contribution in [0.4, 0.5) is 0 Å². The van der Waals surface area contributed by atoms with E-state index in [0.717, 1.165) is 38.2 Å². The highest BCUT2D eigenvalue weighted by atomic mass is 31.3. The van der Waals surface area contributed by atoms with Gasteiger partial charge in [0.15, 0.2) is 12.3 Å². The number of nitrogens with zero attached hydrogens (tertiary/aromatic N) is 2. The zero-order valence-corrected chi connectivity index (χ0v) is 19.8. The standard InChI is InChI=1S/C12H20N3O15P3/c1-24-31(20,21)29-33(23,26-3)30-32(22,25-2)27-6-7-10(17)9(14-19)11(28-7)15-5-4-8(16)13-12(15)18/h4-5,7,9-11,17H,6H2,1-3H3,(H,20,21)(H,13,16,18). The molecule has 0 bridgehead atoms. The van der Waals surface area contributed by atoms with Gasteiger partial charge in [-0.05, 0) is 0 Å². The summed E-state index contributed by atoms with van der Waals surface area (Å²) in [7, 11) is -12.6. The Bertz CT molecular complexity index is 1100. The third-order valence-corrected chi connectivity index (χ3v) is 9.11. The lowest BCUT2D eigenvalue weighted by Gasteiger charge is -2.23. The van der Waals surface area contributed by atoms with Crippen LogP contribution in [0.1, 0.15) is 6.23 Å². The zero-order chi connectivity index (χ0) is 25.0. The number of aromatic nitrogens is 2. The van der Waals surface area contributed by atoms with Gasteiger partial charge >= 0.3 is 29.2 Å². The molecule has 33 heavy (non-hydrogen) atoms. The molecule has 2 rings (SSSR count). The molecule has 0 aromatic carbocycles. The van der Waals surface area contributed by atoms with E-state index in [1.54, 1.807) is 0 Å². The van der Waals surface area contributed by atoms with E-state index in [1.807, 2.05) is 4.98 Å². The molecule has 18 nitrogen and oxygen atoms in total. The van der Waals surface area contributed by atoms with Gasteiger partial charge in [0, 0.05) is 33.6 Å². The molecule has 0 amide bonds. The number of nitrogens with one attached hydrogen (secondary N) is 1. The van der Waals surface area contributed by atoms with Crippen molar-refractivity contribution in [1.82, 2.24) is 9.55 Å². The molecule has 0 spiro atoms. The number of phosphoric ester groups is 2. The Balaban J connectivity index is 2.18. The van der Waals surface area contributed by atoms with Crippen molar-refractivity contribution in [2.75, 3.05) is 27.9 Å². The van der Waals surface area contributed by atoms with E-state index in [2.05, 4.69) is 27.4 Å². The maximum absolute atomic E-state index is 12.7. The lowest BCUT2D eigenvalue weighted by molar-refractivity contribution is -0.0463. The molecular formula is C12H20N3O15P3. The number of hydrogen-bond donors (Lipinski definition) is 3. The Morgan fingerprint density at radius 2 is 1.76 bits per heavy atom. The van der Waals surface area contributed by atoms with Gasteiger partial charge in [-0.1, -0.05) is 5.18 Å². The highest BCUT2D eigenvalue weighted by Crippen LogP contribution is 2.71. The van der Waals surface area contributed by atoms with Crippen molar-refractivity contribution in [3.8, 4) is 0 Å². The molecule has 3 N–H and O–H groups in total. The van der Waals surface area contributed by atoms with Crippen LogP contribution < -0.4 is 11.2 Å². The number of nitroso groups, excluding NO2 is 1. The summed E-state index contributed by atoms with van der Waals surface area (Å²) in [5.74, 6) is 0. The van der Waals surface area contributed by atoms with E-state index in [-0.39, 0.29) is 0 Å². The minimum atomic E-state index is -5.04. The van der Waals surface area contributed by atoms with Crippen LogP contribution in [0.15, 0.2) is 27.0 Å². The first-order valence-electron chi connectivity index (χ1n) is 8.57. The summed E-state index contributed by atoms with van der Waals surface area (Å²) >= 11 is 0. The Kier molecular flexibility index (Phi) is 9.20. The van der Waals surface area contributed by atoms with E-state index in [4.69, 9.17) is 9.26 Å². The van der Waals surface area contributed by atoms with Crippen LogP contribution in [0.2, 0.25) is 0 Å². The van der Waals surface area contributed by atoms with E-state index >= 15 is 0 Å². The number of rotatable bonds is 12. The largest absolute Gasteiger partial charge is 0.492 e. The Morgan fingerprint density at radius 1 is 1.12 bits per heavy atom. The summed E-state index contributed by atoms with van der Waals surface area (Å²) in [6.45, 7) is -0.850. The SMILES string of the molecule is COP(=O)(O)OP(=O)(OC)OP(=O)(OC)OCC1OC(n2ccc(=O)[nH]c2=O)C(N=O)C1O. The van der Waals surface area contributed by atoms with Crippen molar-refractivity contribution in [3.63, 3.8) is 0 Å². The van der Waals surface area contributed by atoms with E-state index < -0.39 is 65.8 Å². The summed E-state index contributed by atoms with van der Waals surface area (Å²) in [6, 6.07) is -0.599. The van der Waals surface area contributed by atoms with Gasteiger partial charge in [-0.25, -0.2) is 18.5 Å². The normalized spacial score (nSPS) is 28.5. The van der Waals surface area contributed by atoms with Crippen molar-refractivity contribution in [2.45, 2.75) is 24.5 Å². The molecule has 2 heterocycles. The van der Waals surface area contributed by atoms with Crippen LogP contribution in [0.3, 0.4) is 0 Å². The number of aliphatic hydroxyl groups is 1. The highest BCUT2D eigenvalue weighted by molar-refractivity contribution is 7.67. The summed E-state index contributed by atoms with van der Waals surface area (Å²) < 4.78 is 69.3. The van der Waals surface area contributed by atoms with Gasteiger partial charge in [-0.15, -0.1) is 0 Å². The molecule has 1 aromatic rings. The van der Waals surface area contributed by atoms with Crippen LogP contribution >= 0.6 is 23.5 Å². The van der Waals surface area contributed by atoms with E-state index in [9.17, 15) is 38.2 Å². The average Bonchev–Trinajstić information content (AvgIpc) is 3.07. The fraction of sp³-hybridized carbons (Fsp3) is 0.667. The zero-order valence-electron chi connectivity index (χ0n) is 17.1. The molecule has 1 fully saturated rings. The third kappa shape index (κ3) is 6.82. The minimum absolute atomic E-state index is 0.728. The van der Waals surface area contributed by atoms with Gasteiger partial charge in [0.05, 0.1) is 6.61 Å². The van der Waals surface area contributed by atoms with E-state index in [1.165, 1.54) is 0 Å². The molecule has 1 aliphatic heterocycles. The van der Waals surface area contributed by atoms with Gasteiger partial charge in [-0.2, -0.15) is 13.5 Å². The Labute approximate surface area is 184 Å². The minimum Gasteiger partial charge on any atom is -0.388 e. The molecule has 7 unspecified atom stereocenters. The van der Waals surface area contributed by atoms with Crippen molar-refractivity contribution in [2.24, 2.45) is 5.18 Å². The molecule has 0 saturated carbocycles. The van der Waals surface area contributed by atoms with Crippen molar-refractivity contribution < 1.29 is 55.1 Å². The first-order valence-corrected chi connectivity index (χ1v) is 13.0. The summed E-state index contributed by atoms with van der Waals surface area (Å²) in [5, 5.41) is 13.0. The number of hydrogen-bond acceptors (Lipinski definition) is 15. The average molecular weight is 539 g/mol. The lowest BCUT2D eigenvalue weighted by Crippen LogP contribution is -2.36. The van der Waals surface area contributed by atoms with Gasteiger partial charge in [-0.3, -0.25) is 32.4 Å². The second kappa shape index (κ2) is 10.9. The predicted molar refractivity (Wildman–Crippen MR) is 105 cm³/mol. The molecule has 1 saturated heterocycles. The fourth-order valence-electron chi connectivity index (χ4n) is 2.48. The molecule has 0 radical (unpaired) electrons. The lowest BCUT2D eigenvalue weighted by atomic mass is 10.1. The quantitative estimate of drug-likeness (QED) is 0.238. The molecule has 188 valence electrons. The molecule has 21 heteroatoms. The Hall–Kier alpha value is -1.39. The number of ether oxygens (including phenoxy) is 1.